The van der Waals surface area contributed by atoms with Crippen LogP contribution in [0.4, 0.5) is 5.69 Å². The molecule has 0 saturated carbocycles. The highest BCUT2D eigenvalue weighted by atomic mass is 16.5. The van der Waals surface area contributed by atoms with Crippen LogP contribution in [-0.4, -0.2) is 30.6 Å². The molecule has 11 heteroatoms. The number of carbonyl (C=O) groups is 1. The first-order valence-electron chi connectivity index (χ1n) is 8.75. The van der Waals surface area contributed by atoms with Gasteiger partial charge in [0.05, 0.1) is 18.2 Å². The zero-order valence-corrected chi connectivity index (χ0v) is 16.0. The minimum atomic E-state index is -1.07. The molecule has 0 radical (unpaired) electrons. The molecule has 3 aromatic heterocycles. The third-order valence-corrected chi connectivity index (χ3v) is 4.29. The van der Waals surface area contributed by atoms with Crippen molar-refractivity contribution in [1.82, 2.24) is 30.4 Å². The summed E-state index contributed by atoms with van der Waals surface area (Å²) in [5, 5.41) is 21.1. The van der Waals surface area contributed by atoms with Gasteiger partial charge in [-0.15, -0.1) is 0 Å². The first kappa shape index (κ1) is 18.8. The number of nitrogens with one attached hydrogen (secondary N) is 3. The lowest BCUT2D eigenvalue weighted by molar-refractivity contribution is -0.133. The van der Waals surface area contributed by atoms with Crippen LogP contribution in [0.3, 0.4) is 0 Å². The summed E-state index contributed by atoms with van der Waals surface area (Å²) in [5.74, 6) is 0.213. The van der Waals surface area contributed by atoms with E-state index in [1.807, 2.05) is 20.0 Å². The second-order valence-electron chi connectivity index (χ2n) is 6.43. The Labute approximate surface area is 170 Å². The lowest BCUT2D eigenvalue weighted by Crippen LogP contribution is -2.38. The Balaban J connectivity index is 1.69. The molecule has 4 N–H and O–H groups in total. The maximum absolute atomic E-state index is 11.0. The van der Waals surface area contributed by atoms with E-state index in [1.54, 1.807) is 29.1 Å². The Kier molecular flexibility index (Phi) is 4.65. The van der Waals surface area contributed by atoms with Gasteiger partial charge in [-0.2, -0.15) is 10.2 Å². The van der Waals surface area contributed by atoms with Crippen molar-refractivity contribution >= 4 is 22.8 Å². The summed E-state index contributed by atoms with van der Waals surface area (Å²) in [7, 11) is 1.81. The van der Waals surface area contributed by atoms with Crippen molar-refractivity contribution in [2.45, 2.75) is 6.92 Å². The minimum absolute atomic E-state index is 0.0195. The number of fused-ring (bicyclic) bond motifs is 1. The smallest absolute Gasteiger partial charge is 0.353 e. The maximum Gasteiger partial charge on any atom is 0.353 e. The van der Waals surface area contributed by atoms with E-state index in [0.717, 1.165) is 5.56 Å². The molecule has 0 spiro atoms. The van der Waals surface area contributed by atoms with Crippen molar-refractivity contribution in [1.29, 1.82) is 5.26 Å². The number of carboxylic acid groups (broad SMARTS) is 1. The Hall–Kier alpha value is -4.59. The van der Waals surface area contributed by atoms with Gasteiger partial charge in [-0.3, -0.25) is 10.9 Å². The van der Waals surface area contributed by atoms with Gasteiger partial charge in [0.2, 0.25) is 5.88 Å². The number of carboxylic acids is 1. The van der Waals surface area contributed by atoms with E-state index in [9.17, 15) is 4.79 Å². The van der Waals surface area contributed by atoms with Crippen molar-refractivity contribution in [3.8, 4) is 17.7 Å². The molecule has 0 aliphatic carbocycles. The molecule has 3 aromatic rings. The van der Waals surface area contributed by atoms with Crippen LogP contribution in [-0.2, 0) is 11.8 Å². The second-order valence-corrected chi connectivity index (χ2v) is 6.43. The van der Waals surface area contributed by atoms with Gasteiger partial charge in [0, 0.05) is 13.1 Å². The van der Waals surface area contributed by atoms with Gasteiger partial charge in [0.1, 0.15) is 28.8 Å². The number of pyridine rings is 2. The van der Waals surface area contributed by atoms with Crippen LogP contribution in [0, 0.1) is 18.3 Å². The van der Waals surface area contributed by atoms with E-state index in [4.69, 9.17) is 15.1 Å². The Bertz CT molecular complexity index is 1270. The monoisotopic (exact) mass is 404 g/mol. The molecular formula is C19H16N8O3. The summed E-state index contributed by atoms with van der Waals surface area (Å²) < 4.78 is 7.66. The van der Waals surface area contributed by atoms with Crippen LogP contribution in [0.15, 0.2) is 48.3 Å². The van der Waals surface area contributed by atoms with Crippen molar-refractivity contribution in [3.63, 3.8) is 0 Å². The molecule has 11 nitrogen and oxygen atoms in total. The van der Waals surface area contributed by atoms with E-state index < -0.39 is 5.97 Å². The number of nitriles is 1. The average Bonchev–Trinajstić information content (AvgIpc) is 3.11. The van der Waals surface area contributed by atoms with Crippen molar-refractivity contribution in [3.05, 3.63) is 59.6 Å². The van der Waals surface area contributed by atoms with Crippen LogP contribution >= 0.6 is 0 Å². The molecular weight excluding hydrogens is 388 g/mol. The fraction of sp³-hybridized carbons (Fsp3) is 0.105. The van der Waals surface area contributed by atoms with E-state index in [1.165, 1.54) is 12.3 Å². The molecule has 0 aromatic carbocycles. The number of aromatic nitrogens is 4. The van der Waals surface area contributed by atoms with Crippen LogP contribution in [0.2, 0.25) is 0 Å². The van der Waals surface area contributed by atoms with Gasteiger partial charge in [0.25, 0.3) is 0 Å². The molecule has 4 heterocycles. The fourth-order valence-corrected chi connectivity index (χ4v) is 2.77. The van der Waals surface area contributed by atoms with Crippen molar-refractivity contribution < 1.29 is 14.6 Å². The lowest BCUT2D eigenvalue weighted by Gasteiger charge is -2.19. The Morgan fingerprint density at radius 1 is 1.30 bits per heavy atom. The predicted octanol–water partition coefficient (Wildman–Crippen LogP) is 1.67. The molecule has 4 rings (SSSR count). The molecule has 0 unspecified atom stereocenters. The summed E-state index contributed by atoms with van der Waals surface area (Å²) in [5.41, 5.74) is 8.22. The standard InChI is InChI=1S/C19H16N8O3/c1-10-5-11(7-20)21-8-14(10)30-16-6-13(17-18(24-16)27(2)9-22-17)23-15-4-3-12(19(28)29)25-26-15/h3-6,8-9,25-26H,1-2H3,(H,23,24)(H,28,29). The summed E-state index contributed by atoms with van der Waals surface area (Å²) in [6.45, 7) is 1.81. The number of hydrogen-bond donors (Lipinski definition) is 4. The third kappa shape index (κ3) is 3.57. The lowest BCUT2D eigenvalue weighted by atomic mass is 10.2. The molecule has 0 fully saturated rings. The molecule has 0 saturated heterocycles. The predicted molar refractivity (Wildman–Crippen MR) is 106 cm³/mol. The van der Waals surface area contributed by atoms with Gasteiger partial charge in [-0.05, 0) is 30.7 Å². The number of aryl methyl sites for hydroxylation is 2. The first-order chi connectivity index (χ1) is 14.4. The number of nitrogens with zero attached hydrogens (tertiary/aromatic N) is 5. The van der Waals surface area contributed by atoms with Crippen LogP contribution in [0.25, 0.3) is 11.2 Å². The van der Waals surface area contributed by atoms with Gasteiger partial charge >= 0.3 is 5.97 Å². The van der Waals surface area contributed by atoms with Crippen LogP contribution in [0.5, 0.6) is 11.6 Å². The molecule has 0 bridgehead atoms. The van der Waals surface area contributed by atoms with Crippen molar-refractivity contribution in [2.75, 3.05) is 5.32 Å². The number of aliphatic carboxylic acids is 1. The number of rotatable bonds is 5. The summed E-state index contributed by atoms with van der Waals surface area (Å²) in [6, 6.07) is 5.29. The van der Waals surface area contributed by atoms with Crippen LogP contribution in [0.1, 0.15) is 11.3 Å². The summed E-state index contributed by atoms with van der Waals surface area (Å²) in [4.78, 5) is 23.9. The van der Waals surface area contributed by atoms with E-state index >= 15 is 0 Å². The van der Waals surface area contributed by atoms with E-state index in [-0.39, 0.29) is 5.70 Å². The highest BCUT2D eigenvalue weighted by molar-refractivity contribution is 5.88. The van der Waals surface area contributed by atoms with Gasteiger partial charge in [0.15, 0.2) is 11.4 Å². The zero-order chi connectivity index (χ0) is 21.3. The number of hydrogen-bond acceptors (Lipinski definition) is 9. The maximum atomic E-state index is 11.0. The van der Waals surface area contributed by atoms with E-state index in [2.05, 4.69) is 31.1 Å². The molecule has 1 aliphatic rings. The number of anilines is 1. The fourth-order valence-electron chi connectivity index (χ4n) is 2.77. The number of hydrazine groups is 1. The minimum Gasteiger partial charge on any atom is -0.477 e. The Morgan fingerprint density at radius 3 is 2.80 bits per heavy atom. The molecule has 1 aliphatic heterocycles. The van der Waals surface area contributed by atoms with Crippen LogP contribution < -0.4 is 20.9 Å². The number of allylic oxidation sites excluding steroid dienone is 2. The summed E-state index contributed by atoms with van der Waals surface area (Å²) in [6.07, 6.45) is 6.12. The largest absolute Gasteiger partial charge is 0.477 e. The van der Waals surface area contributed by atoms with Gasteiger partial charge in [-0.25, -0.2) is 14.8 Å². The number of imidazole rings is 1. The Morgan fingerprint density at radius 2 is 2.13 bits per heavy atom. The average molecular weight is 404 g/mol. The molecule has 0 atom stereocenters. The first-order valence-corrected chi connectivity index (χ1v) is 8.75. The van der Waals surface area contributed by atoms with Crippen molar-refractivity contribution in [2.24, 2.45) is 7.05 Å². The van der Waals surface area contributed by atoms with Gasteiger partial charge in [-0.1, -0.05) is 0 Å². The zero-order valence-electron chi connectivity index (χ0n) is 16.0. The highest BCUT2D eigenvalue weighted by Gasteiger charge is 2.16. The third-order valence-electron chi connectivity index (χ3n) is 4.29. The number of ether oxygens (including phenoxy) is 1. The highest BCUT2D eigenvalue weighted by Crippen LogP contribution is 2.30. The van der Waals surface area contributed by atoms with E-state index in [0.29, 0.717) is 40.0 Å². The SMILES string of the molecule is Cc1cc(C#N)ncc1Oc1cc(NC2=CC=C(C(=O)O)NN2)c2ncn(C)c2n1. The normalized spacial score (nSPS) is 12.8. The topological polar surface area (TPSA) is 150 Å². The molecule has 0 amide bonds. The summed E-state index contributed by atoms with van der Waals surface area (Å²) >= 11 is 0. The second kappa shape index (κ2) is 7.44. The quantitative estimate of drug-likeness (QED) is 0.494. The molecule has 30 heavy (non-hydrogen) atoms. The van der Waals surface area contributed by atoms with Gasteiger partial charge < -0.3 is 19.7 Å². The molecule has 150 valence electrons.